The molecule has 0 atom stereocenters. The van der Waals surface area contributed by atoms with E-state index in [1.165, 1.54) is 193 Å². The van der Waals surface area contributed by atoms with Gasteiger partial charge in [-0.3, -0.25) is 9.46 Å². The molecular weight excluding hydrogens is 585 g/mol. The van der Waals surface area contributed by atoms with Crippen LogP contribution >= 0.6 is 7.60 Å². The number of hydrogen-bond acceptors (Lipinski definition) is 4. The van der Waals surface area contributed by atoms with Gasteiger partial charge in [0.1, 0.15) is 6.29 Å². The summed E-state index contributed by atoms with van der Waals surface area (Å²) in [4.78, 5) is 2.11. The fourth-order valence-corrected chi connectivity index (χ4v) is 8.36. The maximum absolute atomic E-state index is 13.5. The van der Waals surface area contributed by atoms with E-state index >= 15 is 0 Å². The lowest BCUT2D eigenvalue weighted by Crippen LogP contribution is -2.22. The minimum atomic E-state index is -3.06. The third-order valence-electron chi connectivity index (χ3n) is 9.59. The van der Waals surface area contributed by atoms with Crippen LogP contribution in [0.3, 0.4) is 0 Å². The Morgan fingerprint density at radius 1 is 0.370 bits per heavy atom. The average Bonchev–Trinajstić information content (AvgIpc) is 3.04. The monoisotopic (exact) mass is 672 g/mol. The topological polar surface area (TPSA) is 38.8 Å². The molecule has 0 saturated heterocycles. The Bertz CT molecular complexity index is 575. The highest BCUT2D eigenvalue weighted by Crippen LogP contribution is 2.49. The van der Waals surface area contributed by atoms with Gasteiger partial charge in [-0.25, -0.2) is 0 Å². The van der Waals surface area contributed by atoms with Crippen molar-refractivity contribution >= 4 is 7.60 Å². The second kappa shape index (κ2) is 37.9. The van der Waals surface area contributed by atoms with E-state index in [9.17, 15) is 4.57 Å². The Kier molecular flexibility index (Phi) is 38.0. The van der Waals surface area contributed by atoms with Crippen LogP contribution in [0.4, 0.5) is 0 Å². The SMILES string of the molecule is CCCCCCCCCCCCCCCCCCOP(=O)(CN(C)CCC)OCCCCCCCCCCCCCCCCCC. The van der Waals surface area contributed by atoms with Crippen molar-refractivity contribution in [2.24, 2.45) is 0 Å². The van der Waals surface area contributed by atoms with Gasteiger partial charge in [-0.15, -0.1) is 0 Å². The van der Waals surface area contributed by atoms with Gasteiger partial charge in [-0.1, -0.05) is 213 Å². The molecule has 0 amide bonds. The van der Waals surface area contributed by atoms with Gasteiger partial charge in [0, 0.05) is 0 Å². The maximum atomic E-state index is 13.5. The van der Waals surface area contributed by atoms with E-state index in [2.05, 4.69) is 25.7 Å². The Labute approximate surface area is 291 Å². The first-order valence-electron chi connectivity index (χ1n) is 21.1. The summed E-state index contributed by atoms with van der Waals surface area (Å²) in [6.07, 6.45) is 44.9. The van der Waals surface area contributed by atoms with Gasteiger partial charge in [0.05, 0.1) is 13.2 Å². The molecule has 0 rings (SSSR count). The molecule has 5 heteroatoms. The standard InChI is InChI=1S/C41H86NO3P/c1-5-8-10-12-14-16-18-20-22-24-26-28-30-32-34-36-39-44-46(43,41-42(4)38-7-3)45-40-37-35-33-31-29-27-25-23-21-19-17-15-13-11-9-6-2/h5-41H2,1-4H3. The van der Waals surface area contributed by atoms with E-state index < -0.39 is 7.60 Å². The van der Waals surface area contributed by atoms with Crippen LogP contribution in [0.15, 0.2) is 0 Å². The van der Waals surface area contributed by atoms with E-state index in [0.29, 0.717) is 19.5 Å². The van der Waals surface area contributed by atoms with E-state index in [0.717, 1.165) is 25.8 Å². The fourth-order valence-electron chi connectivity index (χ4n) is 6.57. The number of rotatable bonds is 40. The minimum Gasteiger partial charge on any atom is -0.308 e. The Hall–Kier alpha value is 0.110. The first kappa shape index (κ1) is 46.1. The molecule has 0 aromatic carbocycles. The van der Waals surface area contributed by atoms with Gasteiger partial charge >= 0.3 is 7.60 Å². The van der Waals surface area contributed by atoms with Crippen molar-refractivity contribution < 1.29 is 13.6 Å². The normalized spacial score (nSPS) is 12.1. The zero-order valence-corrected chi connectivity index (χ0v) is 33.2. The first-order chi connectivity index (χ1) is 22.6. The molecule has 0 unspecified atom stereocenters. The van der Waals surface area contributed by atoms with Crippen molar-refractivity contribution in [3.63, 3.8) is 0 Å². The summed E-state index contributed by atoms with van der Waals surface area (Å²) < 4.78 is 25.5. The van der Waals surface area contributed by atoms with Crippen molar-refractivity contribution in [1.82, 2.24) is 4.90 Å². The smallest absolute Gasteiger partial charge is 0.308 e. The Morgan fingerprint density at radius 2 is 0.609 bits per heavy atom. The molecule has 0 aliphatic heterocycles. The molecule has 0 aromatic rings. The van der Waals surface area contributed by atoms with E-state index in [4.69, 9.17) is 9.05 Å². The number of hydrogen-bond donors (Lipinski definition) is 0. The summed E-state index contributed by atoms with van der Waals surface area (Å²) in [6.45, 7) is 8.80. The summed E-state index contributed by atoms with van der Waals surface area (Å²) in [6, 6.07) is 0. The van der Waals surface area contributed by atoms with E-state index in [-0.39, 0.29) is 0 Å². The van der Waals surface area contributed by atoms with Crippen molar-refractivity contribution in [3.05, 3.63) is 0 Å². The van der Waals surface area contributed by atoms with Crippen molar-refractivity contribution in [3.8, 4) is 0 Å². The van der Waals surface area contributed by atoms with Crippen LogP contribution in [0.25, 0.3) is 0 Å². The number of nitrogens with zero attached hydrogens (tertiary/aromatic N) is 1. The molecule has 0 saturated carbocycles. The maximum Gasteiger partial charge on any atom is 0.344 e. The molecule has 0 aliphatic carbocycles. The molecule has 278 valence electrons. The molecule has 0 aliphatic rings. The quantitative estimate of drug-likeness (QED) is 0.0480. The third-order valence-corrected chi connectivity index (χ3v) is 11.6. The van der Waals surface area contributed by atoms with Gasteiger partial charge in [-0.05, 0) is 32.9 Å². The van der Waals surface area contributed by atoms with Gasteiger partial charge in [0.25, 0.3) is 0 Å². The molecule has 4 nitrogen and oxygen atoms in total. The van der Waals surface area contributed by atoms with Crippen LogP contribution in [0.2, 0.25) is 0 Å². The molecule has 0 radical (unpaired) electrons. The summed E-state index contributed by atoms with van der Waals surface area (Å²) in [5, 5.41) is 0. The lowest BCUT2D eigenvalue weighted by atomic mass is 10.0. The van der Waals surface area contributed by atoms with Gasteiger partial charge in [-0.2, -0.15) is 0 Å². The van der Waals surface area contributed by atoms with Crippen LogP contribution in [-0.2, 0) is 13.6 Å². The molecule has 0 fully saturated rings. The molecular formula is C41H86NO3P. The largest absolute Gasteiger partial charge is 0.344 e. The molecule has 46 heavy (non-hydrogen) atoms. The van der Waals surface area contributed by atoms with E-state index in [1.54, 1.807) is 0 Å². The highest BCUT2D eigenvalue weighted by molar-refractivity contribution is 7.53. The molecule has 0 heterocycles. The summed E-state index contributed by atoms with van der Waals surface area (Å²) in [5.41, 5.74) is 0. The Balaban J connectivity index is 3.76. The molecule has 0 spiro atoms. The predicted octanol–water partition coefficient (Wildman–Crippen LogP) is 15.0. The lowest BCUT2D eigenvalue weighted by Gasteiger charge is -2.24. The van der Waals surface area contributed by atoms with Crippen molar-refractivity contribution in [1.29, 1.82) is 0 Å². The van der Waals surface area contributed by atoms with Crippen LogP contribution in [-0.4, -0.2) is 38.0 Å². The van der Waals surface area contributed by atoms with Gasteiger partial charge < -0.3 is 9.05 Å². The molecule has 0 bridgehead atoms. The minimum absolute atomic E-state index is 0.415. The number of unbranched alkanes of at least 4 members (excludes halogenated alkanes) is 30. The summed E-state index contributed by atoms with van der Waals surface area (Å²) in [7, 11) is -1.02. The highest BCUT2D eigenvalue weighted by atomic mass is 31.2. The Morgan fingerprint density at radius 3 is 0.848 bits per heavy atom. The first-order valence-corrected chi connectivity index (χ1v) is 22.9. The second-order valence-corrected chi connectivity index (χ2v) is 16.6. The van der Waals surface area contributed by atoms with Crippen LogP contribution < -0.4 is 0 Å². The molecule has 0 aromatic heterocycles. The average molecular weight is 672 g/mol. The lowest BCUT2D eigenvalue weighted by molar-refractivity contribution is 0.184. The van der Waals surface area contributed by atoms with Crippen LogP contribution in [0.1, 0.15) is 233 Å². The van der Waals surface area contributed by atoms with Crippen LogP contribution in [0.5, 0.6) is 0 Å². The van der Waals surface area contributed by atoms with Gasteiger partial charge in [0.15, 0.2) is 0 Å². The van der Waals surface area contributed by atoms with Crippen LogP contribution in [0, 0.1) is 0 Å². The third kappa shape index (κ3) is 35.4. The predicted molar refractivity (Wildman–Crippen MR) is 206 cm³/mol. The van der Waals surface area contributed by atoms with E-state index in [1.807, 2.05) is 7.05 Å². The van der Waals surface area contributed by atoms with Crippen molar-refractivity contribution in [2.75, 3.05) is 33.1 Å². The van der Waals surface area contributed by atoms with Gasteiger partial charge in [0.2, 0.25) is 0 Å². The zero-order valence-electron chi connectivity index (χ0n) is 32.3. The summed E-state index contributed by atoms with van der Waals surface area (Å²) in [5.74, 6) is 0. The summed E-state index contributed by atoms with van der Waals surface area (Å²) >= 11 is 0. The second-order valence-electron chi connectivity index (χ2n) is 14.6. The zero-order chi connectivity index (χ0) is 33.7. The molecule has 0 N–H and O–H groups in total. The highest BCUT2D eigenvalue weighted by Gasteiger charge is 2.26. The fraction of sp³-hybridized carbons (Fsp3) is 1.00. The van der Waals surface area contributed by atoms with Crippen molar-refractivity contribution in [2.45, 2.75) is 233 Å².